The summed E-state index contributed by atoms with van der Waals surface area (Å²) in [5, 5.41) is 0. The van der Waals surface area contributed by atoms with Gasteiger partial charge in [-0.05, 0) is 46.0 Å². The quantitative estimate of drug-likeness (QED) is 0.630. The Bertz CT molecular complexity index is 149. The van der Waals surface area contributed by atoms with E-state index in [1.165, 1.54) is 38.5 Å². The maximum absolute atomic E-state index is 5.82. The number of hydrogen-bond acceptors (Lipinski definition) is 2. The monoisotopic (exact) mass is 214 g/mol. The fourth-order valence-corrected chi connectivity index (χ4v) is 2.11. The first-order chi connectivity index (χ1) is 7.22. The summed E-state index contributed by atoms with van der Waals surface area (Å²) in [6.45, 7) is 7.38. The Hall–Kier alpha value is -0.0800. The predicted molar refractivity (Wildman–Crippen MR) is 63.1 cm³/mol. The molecule has 0 aliphatic heterocycles. The molecule has 0 amide bonds. The van der Waals surface area contributed by atoms with Gasteiger partial charge in [0.25, 0.3) is 0 Å². The molecule has 1 aliphatic rings. The maximum atomic E-state index is 5.82. The zero-order chi connectivity index (χ0) is 11.1. The van der Waals surface area contributed by atoms with Crippen LogP contribution in [0.15, 0.2) is 0 Å². The van der Waals surface area contributed by atoms with Crippen LogP contribution < -0.4 is 0 Å². The van der Waals surface area contributed by atoms with Crippen molar-refractivity contribution in [1.29, 1.82) is 0 Å². The van der Waals surface area contributed by atoms with Crippen molar-refractivity contribution in [1.82, 2.24) is 0 Å². The van der Waals surface area contributed by atoms with Gasteiger partial charge < -0.3 is 9.47 Å². The van der Waals surface area contributed by atoms with E-state index in [4.69, 9.17) is 9.47 Å². The first-order valence-corrected chi connectivity index (χ1v) is 6.49. The van der Waals surface area contributed by atoms with E-state index in [2.05, 4.69) is 20.8 Å². The van der Waals surface area contributed by atoms with Crippen LogP contribution in [0.5, 0.6) is 0 Å². The molecule has 90 valence electrons. The summed E-state index contributed by atoms with van der Waals surface area (Å²) in [4.78, 5) is 0. The fourth-order valence-electron chi connectivity index (χ4n) is 2.11. The van der Waals surface area contributed by atoms with E-state index in [0.717, 1.165) is 6.61 Å². The van der Waals surface area contributed by atoms with E-state index >= 15 is 0 Å². The molecule has 0 N–H and O–H groups in total. The molecule has 0 heterocycles. The van der Waals surface area contributed by atoms with Crippen molar-refractivity contribution >= 4 is 0 Å². The zero-order valence-corrected chi connectivity index (χ0v) is 10.5. The summed E-state index contributed by atoms with van der Waals surface area (Å²) >= 11 is 0. The third kappa shape index (κ3) is 5.53. The second-order valence-corrected chi connectivity index (χ2v) is 4.81. The highest BCUT2D eigenvalue weighted by Crippen LogP contribution is 2.24. The van der Waals surface area contributed by atoms with Gasteiger partial charge in [0.2, 0.25) is 0 Å². The van der Waals surface area contributed by atoms with E-state index in [1.54, 1.807) is 0 Å². The van der Waals surface area contributed by atoms with Crippen LogP contribution in [0.25, 0.3) is 0 Å². The van der Waals surface area contributed by atoms with E-state index in [0.29, 0.717) is 18.3 Å². The van der Waals surface area contributed by atoms with Gasteiger partial charge in [-0.3, -0.25) is 0 Å². The molecular weight excluding hydrogens is 188 g/mol. The smallest absolute Gasteiger partial charge is 0.0580 e. The third-order valence-electron chi connectivity index (χ3n) is 2.94. The van der Waals surface area contributed by atoms with Crippen molar-refractivity contribution in [3.63, 3.8) is 0 Å². The highest BCUT2D eigenvalue weighted by Gasteiger charge is 2.22. The molecule has 2 nitrogen and oxygen atoms in total. The zero-order valence-electron chi connectivity index (χ0n) is 10.5. The maximum Gasteiger partial charge on any atom is 0.0580 e. The van der Waals surface area contributed by atoms with Crippen LogP contribution in [0.2, 0.25) is 0 Å². The lowest BCUT2D eigenvalue weighted by molar-refractivity contribution is -0.0517. The molecule has 0 aromatic carbocycles. The van der Waals surface area contributed by atoms with Crippen molar-refractivity contribution in [3.05, 3.63) is 0 Å². The van der Waals surface area contributed by atoms with Gasteiger partial charge in [0.1, 0.15) is 0 Å². The number of ether oxygens (including phenoxy) is 2. The molecule has 0 spiro atoms. The second-order valence-electron chi connectivity index (χ2n) is 4.81. The molecule has 0 saturated heterocycles. The molecule has 0 aromatic heterocycles. The van der Waals surface area contributed by atoms with Gasteiger partial charge in [-0.2, -0.15) is 0 Å². The number of rotatable bonds is 6. The molecule has 0 radical (unpaired) electrons. The van der Waals surface area contributed by atoms with Gasteiger partial charge >= 0.3 is 0 Å². The highest BCUT2D eigenvalue weighted by atomic mass is 16.5. The van der Waals surface area contributed by atoms with Crippen molar-refractivity contribution in [3.8, 4) is 0 Å². The molecule has 0 atom stereocenters. The Kier molecular flexibility index (Phi) is 6.26. The Balaban J connectivity index is 2.07. The Labute approximate surface area is 94.3 Å². The van der Waals surface area contributed by atoms with Crippen LogP contribution in [0, 0.1) is 0 Å². The van der Waals surface area contributed by atoms with E-state index < -0.39 is 0 Å². The van der Waals surface area contributed by atoms with Crippen molar-refractivity contribution in [2.45, 2.75) is 77.6 Å². The summed E-state index contributed by atoms with van der Waals surface area (Å²) in [7, 11) is 0. The van der Waals surface area contributed by atoms with E-state index in [9.17, 15) is 0 Å². The summed E-state index contributed by atoms with van der Waals surface area (Å²) in [5.74, 6) is 0. The van der Waals surface area contributed by atoms with Crippen LogP contribution in [-0.4, -0.2) is 24.9 Å². The Morgan fingerprint density at radius 1 is 1.07 bits per heavy atom. The van der Waals surface area contributed by atoms with Gasteiger partial charge in [0.05, 0.1) is 18.3 Å². The van der Waals surface area contributed by atoms with Gasteiger partial charge in [0.15, 0.2) is 0 Å². The molecule has 15 heavy (non-hydrogen) atoms. The first kappa shape index (κ1) is 13.0. The van der Waals surface area contributed by atoms with Crippen molar-refractivity contribution in [2.24, 2.45) is 0 Å². The average Bonchev–Trinajstić information content (AvgIpc) is 2.20. The van der Waals surface area contributed by atoms with Gasteiger partial charge in [-0.25, -0.2) is 0 Å². The lowest BCUT2D eigenvalue weighted by Gasteiger charge is -2.29. The number of hydrogen-bond donors (Lipinski definition) is 0. The van der Waals surface area contributed by atoms with Crippen molar-refractivity contribution < 1.29 is 9.47 Å². The third-order valence-corrected chi connectivity index (χ3v) is 2.94. The topological polar surface area (TPSA) is 18.5 Å². The average molecular weight is 214 g/mol. The lowest BCUT2D eigenvalue weighted by Crippen LogP contribution is -2.28. The molecule has 1 rings (SSSR count). The van der Waals surface area contributed by atoms with E-state index in [-0.39, 0.29) is 0 Å². The van der Waals surface area contributed by atoms with Crippen LogP contribution in [-0.2, 0) is 9.47 Å². The minimum Gasteiger partial charge on any atom is -0.378 e. The molecular formula is C13H26O2. The van der Waals surface area contributed by atoms with Crippen molar-refractivity contribution in [2.75, 3.05) is 6.61 Å². The molecule has 0 bridgehead atoms. The van der Waals surface area contributed by atoms with Gasteiger partial charge in [-0.1, -0.05) is 13.3 Å². The van der Waals surface area contributed by atoms with Crippen LogP contribution in [0.1, 0.15) is 59.3 Å². The molecule has 1 aliphatic carbocycles. The SMILES string of the molecule is CCCCOC1CCC(OC(C)C)CC1. The van der Waals surface area contributed by atoms with E-state index in [1.807, 2.05) is 0 Å². The molecule has 2 heteroatoms. The Morgan fingerprint density at radius 2 is 1.67 bits per heavy atom. The lowest BCUT2D eigenvalue weighted by atomic mass is 9.95. The van der Waals surface area contributed by atoms with Crippen LogP contribution in [0.4, 0.5) is 0 Å². The molecule has 1 fully saturated rings. The van der Waals surface area contributed by atoms with Crippen LogP contribution in [0.3, 0.4) is 0 Å². The van der Waals surface area contributed by atoms with Gasteiger partial charge in [-0.15, -0.1) is 0 Å². The Morgan fingerprint density at radius 3 is 2.20 bits per heavy atom. The second kappa shape index (κ2) is 7.24. The normalized spacial score (nSPS) is 27.2. The number of unbranched alkanes of at least 4 members (excludes halogenated alkanes) is 1. The first-order valence-electron chi connectivity index (χ1n) is 6.49. The molecule has 0 unspecified atom stereocenters. The predicted octanol–water partition coefficient (Wildman–Crippen LogP) is 3.54. The minimum atomic E-state index is 0.368. The minimum absolute atomic E-state index is 0.368. The molecule has 0 aromatic rings. The summed E-state index contributed by atoms with van der Waals surface area (Å²) < 4.78 is 11.6. The summed E-state index contributed by atoms with van der Waals surface area (Å²) in [5.41, 5.74) is 0. The largest absolute Gasteiger partial charge is 0.378 e. The summed E-state index contributed by atoms with van der Waals surface area (Å²) in [6.07, 6.45) is 8.49. The summed E-state index contributed by atoms with van der Waals surface area (Å²) in [6, 6.07) is 0. The fraction of sp³-hybridized carbons (Fsp3) is 1.00. The van der Waals surface area contributed by atoms with Crippen LogP contribution >= 0.6 is 0 Å². The standard InChI is InChI=1S/C13H26O2/c1-4-5-10-14-12-6-8-13(9-7-12)15-11(2)3/h11-13H,4-10H2,1-3H3. The van der Waals surface area contributed by atoms with Gasteiger partial charge in [0, 0.05) is 6.61 Å². The molecule has 1 saturated carbocycles. The highest BCUT2D eigenvalue weighted by molar-refractivity contribution is 4.73.